The van der Waals surface area contributed by atoms with Crippen LogP contribution in [-0.2, 0) is 4.74 Å². The Labute approximate surface area is 70.3 Å². The molecule has 0 aromatic heterocycles. The number of ether oxygens (including phenoxy) is 1. The van der Waals surface area contributed by atoms with Crippen LogP contribution >= 0.6 is 0 Å². The average Bonchev–Trinajstić information content (AvgIpc) is 1.97. The van der Waals surface area contributed by atoms with E-state index in [1.807, 2.05) is 7.05 Å². The maximum atomic E-state index is 5.57. The summed E-state index contributed by atoms with van der Waals surface area (Å²) >= 11 is 0. The molecule has 0 aliphatic rings. The minimum absolute atomic E-state index is 0.395. The largest absolute Gasteiger partial charge is 0.378 e. The standard InChI is InChI=1S/C9H21NO/c1-8(2)9(3)11-7-5-6-10-4/h8-10H,5-7H2,1-4H3. The third kappa shape index (κ3) is 6.32. The molecule has 0 aromatic carbocycles. The van der Waals surface area contributed by atoms with Gasteiger partial charge in [-0.2, -0.15) is 0 Å². The van der Waals surface area contributed by atoms with Crippen LogP contribution in [0.25, 0.3) is 0 Å². The Kier molecular flexibility index (Phi) is 6.57. The predicted octanol–water partition coefficient (Wildman–Crippen LogP) is 1.66. The summed E-state index contributed by atoms with van der Waals surface area (Å²) in [7, 11) is 1.96. The molecule has 0 fully saturated rings. The zero-order valence-corrected chi connectivity index (χ0v) is 8.18. The smallest absolute Gasteiger partial charge is 0.0569 e. The van der Waals surface area contributed by atoms with Gasteiger partial charge in [0.25, 0.3) is 0 Å². The highest BCUT2D eigenvalue weighted by molar-refractivity contribution is 4.54. The van der Waals surface area contributed by atoms with Crippen molar-refractivity contribution in [2.24, 2.45) is 5.92 Å². The van der Waals surface area contributed by atoms with Crippen LogP contribution in [0, 0.1) is 5.92 Å². The van der Waals surface area contributed by atoms with Crippen molar-refractivity contribution >= 4 is 0 Å². The Hall–Kier alpha value is -0.0800. The van der Waals surface area contributed by atoms with Gasteiger partial charge < -0.3 is 10.1 Å². The molecule has 0 saturated heterocycles. The van der Waals surface area contributed by atoms with E-state index in [4.69, 9.17) is 4.74 Å². The third-order valence-corrected chi connectivity index (χ3v) is 1.89. The molecule has 1 atom stereocenters. The van der Waals surface area contributed by atoms with Gasteiger partial charge in [-0.15, -0.1) is 0 Å². The first-order valence-corrected chi connectivity index (χ1v) is 4.44. The summed E-state index contributed by atoms with van der Waals surface area (Å²) in [4.78, 5) is 0. The molecule has 0 bridgehead atoms. The van der Waals surface area contributed by atoms with Gasteiger partial charge in [-0.05, 0) is 32.9 Å². The quantitative estimate of drug-likeness (QED) is 0.595. The first-order valence-electron chi connectivity index (χ1n) is 4.44. The van der Waals surface area contributed by atoms with Gasteiger partial charge in [0, 0.05) is 6.61 Å². The van der Waals surface area contributed by atoms with Crippen molar-refractivity contribution in [1.29, 1.82) is 0 Å². The zero-order valence-electron chi connectivity index (χ0n) is 8.18. The number of rotatable bonds is 6. The monoisotopic (exact) mass is 159 g/mol. The minimum atomic E-state index is 0.395. The van der Waals surface area contributed by atoms with E-state index in [-0.39, 0.29) is 0 Å². The molecule has 0 saturated carbocycles. The van der Waals surface area contributed by atoms with E-state index in [0.29, 0.717) is 12.0 Å². The van der Waals surface area contributed by atoms with Crippen molar-refractivity contribution in [3.05, 3.63) is 0 Å². The maximum absolute atomic E-state index is 5.57. The molecule has 11 heavy (non-hydrogen) atoms. The second-order valence-corrected chi connectivity index (χ2v) is 3.28. The summed E-state index contributed by atoms with van der Waals surface area (Å²) in [6.07, 6.45) is 1.50. The SMILES string of the molecule is CNCCCOC(C)C(C)C. The molecule has 68 valence electrons. The van der Waals surface area contributed by atoms with Crippen LogP contribution in [0.2, 0.25) is 0 Å². The lowest BCUT2D eigenvalue weighted by Crippen LogP contribution is -2.18. The van der Waals surface area contributed by atoms with Crippen molar-refractivity contribution in [3.63, 3.8) is 0 Å². The molecular formula is C9H21NO. The minimum Gasteiger partial charge on any atom is -0.378 e. The molecular weight excluding hydrogens is 138 g/mol. The lowest BCUT2D eigenvalue weighted by atomic mass is 10.1. The second-order valence-electron chi connectivity index (χ2n) is 3.28. The van der Waals surface area contributed by atoms with E-state index in [0.717, 1.165) is 19.6 Å². The van der Waals surface area contributed by atoms with Crippen LogP contribution in [0.15, 0.2) is 0 Å². The van der Waals surface area contributed by atoms with Gasteiger partial charge in [0.15, 0.2) is 0 Å². The molecule has 0 heterocycles. The molecule has 0 amide bonds. The molecule has 0 aliphatic heterocycles. The fraction of sp³-hybridized carbons (Fsp3) is 1.00. The topological polar surface area (TPSA) is 21.3 Å². The highest BCUT2D eigenvalue weighted by Crippen LogP contribution is 2.04. The van der Waals surface area contributed by atoms with Crippen molar-refractivity contribution in [3.8, 4) is 0 Å². The average molecular weight is 159 g/mol. The first-order chi connectivity index (χ1) is 5.18. The van der Waals surface area contributed by atoms with Crippen LogP contribution in [0.3, 0.4) is 0 Å². The Morgan fingerprint density at radius 2 is 1.91 bits per heavy atom. The molecule has 0 spiro atoms. The lowest BCUT2D eigenvalue weighted by Gasteiger charge is -2.16. The number of hydrogen-bond acceptors (Lipinski definition) is 2. The first kappa shape index (κ1) is 10.9. The van der Waals surface area contributed by atoms with Crippen LogP contribution < -0.4 is 5.32 Å². The molecule has 1 unspecified atom stereocenters. The summed E-state index contributed by atoms with van der Waals surface area (Å²) in [5.74, 6) is 0.629. The maximum Gasteiger partial charge on any atom is 0.0569 e. The van der Waals surface area contributed by atoms with E-state index in [1.165, 1.54) is 0 Å². The molecule has 1 N–H and O–H groups in total. The van der Waals surface area contributed by atoms with Gasteiger partial charge in [0.05, 0.1) is 6.10 Å². The Bertz CT molecular complexity index is 83.6. The van der Waals surface area contributed by atoms with Crippen molar-refractivity contribution < 1.29 is 4.74 Å². The van der Waals surface area contributed by atoms with Gasteiger partial charge in [-0.3, -0.25) is 0 Å². The molecule has 0 radical (unpaired) electrons. The van der Waals surface area contributed by atoms with Gasteiger partial charge in [0.2, 0.25) is 0 Å². The van der Waals surface area contributed by atoms with Gasteiger partial charge >= 0.3 is 0 Å². The Balaban J connectivity index is 3.10. The van der Waals surface area contributed by atoms with Gasteiger partial charge in [-0.1, -0.05) is 13.8 Å². The molecule has 2 heteroatoms. The fourth-order valence-electron chi connectivity index (χ4n) is 0.711. The Morgan fingerprint density at radius 1 is 1.27 bits per heavy atom. The second kappa shape index (κ2) is 6.62. The zero-order chi connectivity index (χ0) is 8.69. The number of nitrogens with one attached hydrogen (secondary N) is 1. The predicted molar refractivity (Wildman–Crippen MR) is 48.8 cm³/mol. The van der Waals surface area contributed by atoms with Crippen molar-refractivity contribution in [2.45, 2.75) is 33.3 Å². The van der Waals surface area contributed by atoms with Crippen LogP contribution in [0.4, 0.5) is 0 Å². The van der Waals surface area contributed by atoms with Crippen molar-refractivity contribution in [1.82, 2.24) is 5.32 Å². The van der Waals surface area contributed by atoms with Gasteiger partial charge in [0.1, 0.15) is 0 Å². The highest BCUT2D eigenvalue weighted by Gasteiger charge is 2.05. The Morgan fingerprint density at radius 3 is 2.36 bits per heavy atom. The van der Waals surface area contributed by atoms with E-state index in [9.17, 15) is 0 Å². The normalized spacial score (nSPS) is 13.9. The summed E-state index contributed by atoms with van der Waals surface area (Å²) in [5.41, 5.74) is 0. The lowest BCUT2D eigenvalue weighted by molar-refractivity contribution is 0.0344. The van der Waals surface area contributed by atoms with Crippen LogP contribution in [0.5, 0.6) is 0 Å². The molecule has 0 aromatic rings. The van der Waals surface area contributed by atoms with Crippen LogP contribution in [0.1, 0.15) is 27.2 Å². The molecule has 0 aliphatic carbocycles. The summed E-state index contributed by atoms with van der Waals surface area (Å²) in [6.45, 7) is 8.42. The number of hydrogen-bond donors (Lipinski definition) is 1. The third-order valence-electron chi connectivity index (χ3n) is 1.89. The summed E-state index contributed by atoms with van der Waals surface area (Å²) in [5, 5.41) is 3.09. The molecule has 0 rings (SSSR count). The van der Waals surface area contributed by atoms with Gasteiger partial charge in [-0.25, -0.2) is 0 Å². The fourth-order valence-corrected chi connectivity index (χ4v) is 0.711. The summed E-state index contributed by atoms with van der Waals surface area (Å²) in [6, 6.07) is 0. The van der Waals surface area contributed by atoms with E-state index >= 15 is 0 Å². The van der Waals surface area contributed by atoms with E-state index in [1.54, 1.807) is 0 Å². The van der Waals surface area contributed by atoms with Crippen molar-refractivity contribution in [2.75, 3.05) is 20.2 Å². The van der Waals surface area contributed by atoms with Crippen LogP contribution in [-0.4, -0.2) is 26.3 Å². The van der Waals surface area contributed by atoms with E-state index in [2.05, 4.69) is 26.1 Å². The summed E-state index contributed by atoms with van der Waals surface area (Å²) < 4.78 is 5.57. The van der Waals surface area contributed by atoms with E-state index < -0.39 is 0 Å². The molecule has 2 nitrogen and oxygen atoms in total. The highest BCUT2D eigenvalue weighted by atomic mass is 16.5.